The Morgan fingerprint density at radius 1 is 1.13 bits per heavy atom. The van der Waals surface area contributed by atoms with E-state index in [1.165, 1.54) is 0 Å². The molecule has 4 nitrogen and oxygen atoms in total. The third-order valence-corrected chi connectivity index (χ3v) is 4.19. The fraction of sp³-hybridized carbons (Fsp3) is 0.263. The molecule has 0 aliphatic carbocycles. The SMILES string of the molecule is CCN1CCN(C(=O)c2cccc(CC#N)c2)c2ccccc21. The summed E-state index contributed by atoms with van der Waals surface area (Å²) in [7, 11) is 0. The van der Waals surface area contributed by atoms with Crippen molar-refractivity contribution >= 4 is 17.3 Å². The molecule has 0 fully saturated rings. The van der Waals surface area contributed by atoms with Gasteiger partial charge in [0.15, 0.2) is 0 Å². The topological polar surface area (TPSA) is 47.3 Å². The number of rotatable bonds is 3. The van der Waals surface area contributed by atoms with Gasteiger partial charge in [0.25, 0.3) is 5.91 Å². The molecule has 0 spiro atoms. The third-order valence-electron chi connectivity index (χ3n) is 4.19. The number of nitriles is 1. The van der Waals surface area contributed by atoms with Crippen LogP contribution in [0.15, 0.2) is 48.5 Å². The average Bonchev–Trinajstić information content (AvgIpc) is 2.61. The molecule has 4 heteroatoms. The van der Waals surface area contributed by atoms with Crippen LogP contribution in [-0.4, -0.2) is 25.5 Å². The molecule has 1 heterocycles. The second-order valence-electron chi connectivity index (χ2n) is 5.56. The van der Waals surface area contributed by atoms with Crippen LogP contribution in [0.1, 0.15) is 22.8 Å². The molecular weight excluding hydrogens is 286 g/mol. The summed E-state index contributed by atoms with van der Waals surface area (Å²) in [6, 6.07) is 17.5. The lowest BCUT2D eigenvalue weighted by molar-refractivity contribution is 0.0986. The summed E-state index contributed by atoms with van der Waals surface area (Å²) in [4.78, 5) is 17.1. The van der Waals surface area contributed by atoms with Crippen LogP contribution in [0.5, 0.6) is 0 Å². The maximum atomic E-state index is 12.9. The molecule has 3 rings (SSSR count). The average molecular weight is 305 g/mol. The van der Waals surface area contributed by atoms with Crippen LogP contribution in [0.4, 0.5) is 11.4 Å². The van der Waals surface area contributed by atoms with Gasteiger partial charge in [0.2, 0.25) is 0 Å². The second kappa shape index (κ2) is 6.53. The van der Waals surface area contributed by atoms with E-state index in [2.05, 4.69) is 24.0 Å². The Morgan fingerprint density at radius 2 is 1.91 bits per heavy atom. The Labute approximate surface area is 136 Å². The van der Waals surface area contributed by atoms with Crippen LogP contribution >= 0.6 is 0 Å². The highest BCUT2D eigenvalue weighted by Crippen LogP contribution is 2.33. The summed E-state index contributed by atoms with van der Waals surface area (Å²) in [5.41, 5.74) is 3.57. The van der Waals surface area contributed by atoms with Crippen LogP contribution in [-0.2, 0) is 6.42 Å². The van der Waals surface area contributed by atoms with Gasteiger partial charge in [-0.05, 0) is 36.8 Å². The molecule has 0 N–H and O–H groups in total. The second-order valence-corrected chi connectivity index (χ2v) is 5.56. The van der Waals surface area contributed by atoms with Gasteiger partial charge < -0.3 is 9.80 Å². The zero-order valence-corrected chi connectivity index (χ0v) is 13.2. The van der Waals surface area contributed by atoms with Crippen LogP contribution in [0.2, 0.25) is 0 Å². The predicted octanol–water partition coefficient (Wildman–Crippen LogP) is 3.24. The number of carbonyl (C=O) groups is 1. The van der Waals surface area contributed by atoms with Crippen LogP contribution in [0.3, 0.4) is 0 Å². The molecule has 0 bridgehead atoms. The quantitative estimate of drug-likeness (QED) is 0.874. The number of nitrogens with zero attached hydrogens (tertiary/aromatic N) is 3. The number of para-hydroxylation sites is 2. The zero-order chi connectivity index (χ0) is 16.2. The summed E-state index contributed by atoms with van der Waals surface area (Å²) in [6.07, 6.45) is 0.321. The van der Waals surface area contributed by atoms with Crippen molar-refractivity contribution in [3.05, 3.63) is 59.7 Å². The zero-order valence-electron chi connectivity index (χ0n) is 13.2. The molecule has 0 radical (unpaired) electrons. The number of hydrogen-bond donors (Lipinski definition) is 0. The van der Waals surface area contributed by atoms with Crippen molar-refractivity contribution in [2.75, 3.05) is 29.4 Å². The third kappa shape index (κ3) is 2.91. The fourth-order valence-corrected chi connectivity index (χ4v) is 3.02. The van der Waals surface area contributed by atoms with Gasteiger partial charge in [-0.15, -0.1) is 0 Å². The lowest BCUT2D eigenvalue weighted by Gasteiger charge is -2.37. The molecule has 0 aromatic heterocycles. The van der Waals surface area contributed by atoms with Crippen LogP contribution in [0, 0.1) is 11.3 Å². The molecule has 0 saturated heterocycles. The molecule has 0 saturated carbocycles. The number of anilines is 2. The van der Waals surface area contributed by atoms with Crippen LogP contribution in [0.25, 0.3) is 0 Å². The maximum Gasteiger partial charge on any atom is 0.258 e. The van der Waals surface area contributed by atoms with E-state index >= 15 is 0 Å². The summed E-state index contributed by atoms with van der Waals surface area (Å²) < 4.78 is 0. The van der Waals surface area contributed by atoms with Gasteiger partial charge in [0, 0.05) is 25.2 Å². The van der Waals surface area contributed by atoms with Crippen molar-refractivity contribution in [3.8, 4) is 6.07 Å². The molecule has 0 unspecified atom stereocenters. The smallest absolute Gasteiger partial charge is 0.258 e. The van der Waals surface area contributed by atoms with Crippen LogP contribution < -0.4 is 9.80 Å². The minimum atomic E-state index is -0.00649. The number of amides is 1. The molecule has 2 aromatic rings. The first kappa shape index (κ1) is 15.1. The van der Waals surface area contributed by atoms with Gasteiger partial charge >= 0.3 is 0 Å². The molecule has 1 aliphatic rings. The minimum Gasteiger partial charge on any atom is -0.368 e. The van der Waals surface area contributed by atoms with Gasteiger partial charge in [0.05, 0.1) is 23.9 Å². The Bertz CT molecular complexity index is 763. The van der Waals surface area contributed by atoms with Gasteiger partial charge in [-0.25, -0.2) is 0 Å². The van der Waals surface area contributed by atoms with E-state index < -0.39 is 0 Å². The van der Waals surface area contributed by atoms with Crippen molar-refractivity contribution in [1.82, 2.24) is 0 Å². The molecule has 1 amide bonds. The number of fused-ring (bicyclic) bond motifs is 1. The van der Waals surface area contributed by atoms with E-state index in [1.54, 1.807) is 0 Å². The highest BCUT2D eigenvalue weighted by atomic mass is 16.2. The summed E-state index contributed by atoms with van der Waals surface area (Å²) in [5.74, 6) is -0.00649. The molecule has 0 atom stereocenters. The van der Waals surface area contributed by atoms with Crippen molar-refractivity contribution in [1.29, 1.82) is 5.26 Å². The van der Waals surface area contributed by atoms with Gasteiger partial charge in [0.1, 0.15) is 0 Å². The van der Waals surface area contributed by atoms with Gasteiger partial charge in [-0.2, -0.15) is 5.26 Å². The number of benzene rings is 2. The van der Waals surface area contributed by atoms with E-state index in [0.717, 1.165) is 30.0 Å². The Kier molecular flexibility index (Phi) is 4.29. The highest BCUT2D eigenvalue weighted by molar-refractivity contribution is 6.08. The lowest BCUT2D eigenvalue weighted by atomic mass is 10.1. The fourth-order valence-electron chi connectivity index (χ4n) is 3.02. The first-order valence-corrected chi connectivity index (χ1v) is 7.86. The summed E-state index contributed by atoms with van der Waals surface area (Å²) >= 11 is 0. The number of likely N-dealkylation sites (N-methyl/N-ethyl adjacent to an activating group) is 1. The Morgan fingerprint density at radius 3 is 2.65 bits per heavy atom. The monoisotopic (exact) mass is 305 g/mol. The Hall–Kier alpha value is -2.80. The standard InChI is InChI=1S/C19H19N3O/c1-2-21-12-13-22(18-9-4-3-8-17(18)21)19(23)16-7-5-6-15(14-16)10-11-20/h3-9,14H,2,10,12-13H2,1H3. The molecular formula is C19H19N3O. The van der Waals surface area contributed by atoms with Crippen molar-refractivity contribution in [3.63, 3.8) is 0 Å². The largest absolute Gasteiger partial charge is 0.368 e. The highest BCUT2D eigenvalue weighted by Gasteiger charge is 2.26. The van der Waals surface area contributed by atoms with E-state index in [9.17, 15) is 4.79 Å². The van der Waals surface area contributed by atoms with Crippen molar-refractivity contribution in [2.24, 2.45) is 0 Å². The molecule has 23 heavy (non-hydrogen) atoms. The Balaban J connectivity index is 1.94. The maximum absolute atomic E-state index is 12.9. The number of carbonyl (C=O) groups excluding carboxylic acids is 1. The first-order valence-electron chi connectivity index (χ1n) is 7.86. The van der Waals surface area contributed by atoms with E-state index in [1.807, 2.05) is 47.4 Å². The summed E-state index contributed by atoms with van der Waals surface area (Å²) in [6.45, 7) is 4.56. The summed E-state index contributed by atoms with van der Waals surface area (Å²) in [5, 5.41) is 8.83. The van der Waals surface area contributed by atoms with Gasteiger partial charge in [-0.1, -0.05) is 24.3 Å². The normalized spacial score (nSPS) is 13.4. The van der Waals surface area contributed by atoms with Crippen molar-refractivity contribution < 1.29 is 4.79 Å². The molecule has 1 aliphatic heterocycles. The van der Waals surface area contributed by atoms with Gasteiger partial charge in [-0.3, -0.25) is 4.79 Å². The molecule has 116 valence electrons. The lowest BCUT2D eigenvalue weighted by Crippen LogP contribution is -2.44. The van der Waals surface area contributed by atoms with E-state index in [4.69, 9.17) is 5.26 Å². The van der Waals surface area contributed by atoms with E-state index in [0.29, 0.717) is 18.5 Å². The number of hydrogen-bond acceptors (Lipinski definition) is 3. The van der Waals surface area contributed by atoms with Crippen molar-refractivity contribution in [2.45, 2.75) is 13.3 Å². The minimum absolute atomic E-state index is 0.00649. The first-order chi connectivity index (χ1) is 11.2. The molecule has 2 aromatic carbocycles. The van der Waals surface area contributed by atoms with E-state index in [-0.39, 0.29) is 5.91 Å². The predicted molar refractivity (Wildman–Crippen MR) is 91.8 cm³/mol.